The van der Waals surface area contributed by atoms with Crippen molar-refractivity contribution in [2.75, 3.05) is 26.2 Å². The van der Waals surface area contributed by atoms with Gasteiger partial charge in [0.15, 0.2) is 0 Å². The standard InChI is InChI=1S/C11H22N2.2C2H6/c1-10(2)13-8-11(9-13)12-6-4-3-5-7-12;2*1-2/h10-11H,3-9H2,1-2H3;2*1-2H3. The lowest BCUT2D eigenvalue weighted by molar-refractivity contribution is 0.00535. The number of piperidine rings is 1. The van der Waals surface area contributed by atoms with E-state index in [4.69, 9.17) is 0 Å². The average Bonchev–Trinajstić information content (AvgIpc) is 2.33. The summed E-state index contributed by atoms with van der Waals surface area (Å²) in [5, 5.41) is 0. The lowest BCUT2D eigenvalue weighted by atomic mass is 10.0. The van der Waals surface area contributed by atoms with Gasteiger partial charge in [0.1, 0.15) is 0 Å². The summed E-state index contributed by atoms with van der Waals surface area (Å²) in [4.78, 5) is 5.27. The zero-order chi connectivity index (χ0) is 13.3. The molecule has 2 heteroatoms. The maximum atomic E-state index is 2.70. The Morgan fingerprint density at radius 2 is 1.29 bits per heavy atom. The third-order valence-electron chi connectivity index (χ3n) is 3.53. The highest BCUT2D eigenvalue weighted by atomic mass is 15.3. The van der Waals surface area contributed by atoms with Crippen LogP contribution in [0.3, 0.4) is 0 Å². The summed E-state index contributed by atoms with van der Waals surface area (Å²) in [6.07, 6.45) is 4.31. The van der Waals surface area contributed by atoms with Crippen LogP contribution in [-0.2, 0) is 0 Å². The summed E-state index contributed by atoms with van der Waals surface area (Å²) in [6.45, 7) is 17.9. The van der Waals surface area contributed by atoms with Crippen molar-refractivity contribution in [1.82, 2.24) is 9.80 Å². The Hall–Kier alpha value is -0.0800. The van der Waals surface area contributed by atoms with Gasteiger partial charge in [0, 0.05) is 25.2 Å². The average molecular weight is 242 g/mol. The monoisotopic (exact) mass is 242 g/mol. The minimum atomic E-state index is 0.751. The van der Waals surface area contributed by atoms with E-state index in [2.05, 4.69) is 23.6 Å². The molecular weight excluding hydrogens is 208 g/mol. The normalized spacial score (nSPS) is 22.1. The summed E-state index contributed by atoms with van der Waals surface area (Å²) in [6, 6.07) is 1.64. The molecule has 0 radical (unpaired) electrons. The van der Waals surface area contributed by atoms with Crippen LogP contribution in [-0.4, -0.2) is 48.1 Å². The molecule has 2 saturated heterocycles. The van der Waals surface area contributed by atoms with E-state index in [1.807, 2.05) is 27.7 Å². The maximum absolute atomic E-state index is 2.70. The van der Waals surface area contributed by atoms with E-state index in [9.17, 15) is 0 Å². The van der Waals surface area contributed by atoms with Crippen molar-refractivity contribution in [2.24, 2.45) is 0 Å². The largest absolute Gasteiger partial charge is 0.298 e. The van der Waals surface area contributed by atoms with Crippen LogP contribution in [0.2, 0.25) is 0 Å². The smallest absolute Gasteiger partial charge is 0.0350 e. The zero-order valence-corrected chi connectivity index (χ0v) is 13.0. The van der Waals surface area contributed by atoms with E-state index in [0.29, 0.717) is 0 Å². The van der Waals surface area contributed by atoms with Gasteiger partial charge in [-0.05, 0) is 39.8 Å². The molecule has 0 aromatic carbocycles. The lowest BCUT2D eigenvalue weighted by Gasteiger charge is -2.48. The van der Waals surface area contributed by atoms with Gasteiger partial charge in [-0.3, -0.25) is 9.80 Å². The number of hydrogen-bond donors (Lipinski definition) is 0. The molecule has 0 N–H and O–H groups in total. The second-order valence-electron chi connectivity index (χ2n) is 4.80. The van der Waals surface area contributed by atoms with Crippen LogP contribution in [0.5, 0.6) is 0 Å². The Balaban J connectivity index is 0.000000581. The number of likely N-dealkylation sites (tertiary alicyclic amines) is 2. The van der Waals surface area contributed by atoms with Crippen molar-refractivity contribution < 1.29 is 0 Å². The molecule has 2 nitrogen and oxygen atoms in total. The Morgan fingerprint density at radius 1 is 0.824 bits per heavy atom. The van der Waals surface area contributed by atoms with Gasteiger partial charge in [-0.25, -0.2) is 0 Å². The Bertz CT molecular complexity index is 156. The van der Waals surface area contributed by atoms with Crippen molar-refractivity contribution in [2.45, 2.75) is 72.9 Å². The van der Waals surface area contributed by atoms with E-state index in [1.54, 1.807) is 0 Å². The van der Waals surface area contributed by atoms with Crippen LogP contribution >= 0.6 is 0 Å². The first-order valence-corrected chi connectivity index (χ1v) is 7.75. The molecule has 0 bridgehead atoms. The highest BCUT2D eigenvalue weighted by Crippen LogP contribution is 2.21. The predicted molar refractivity (Wildman–Crippen MR) is 78.6 cm³/mol. The third-order valence-corrected chi connectivity index (χ3v) is 3.53. The molecule has 0 aromatic heterocycles. The van der Waals surface area contributed by atoms with Gasteiger partial charge < -0.3 is 0 Å². The topological polar surface area (TPSA) is 6.48 Å². The highest BCUT2D eigenvalue weighted by Gasteiger charge is 2.33. The van der Waals surface area contributed by atoms with Crippen molar-refractivity contribution in [3.05, 3.63) is 0 Å². The molecule has 17 heavy (non-hydrogen) atoms. The van der Waals surface area contributed by atoms with E-state index < -0.39 is 0 Å². The SMILES string of the molecule is CC.CC.CC(C)N1CC(N2CCCCC2)C1. The molecule has 2 heterocycles. The second kappa shape index (κ2) is 9.90. The minimum absolute atomic E-state index is 0.751. The zero-order valence-electron chi connectivity index (χ0n) is 13.0. The minimum Gasteiger partial charge on any atom is -0.298 e. The van der Waals surface area contributed by atoms with E-state index in [0.717, 1.165) is 12.1 Å². The van der Waals surface area contributed by atoms with E-state index in [-0.39, 0.29) is 0 Å². The first-order chi connectivity index (χ1) is 8.27. The van der Waals surface area contributed by atoms with E-state index >= 15 is 0 Å². The van der Waals surface area contributed by atoms with Gasteiger partial charge in [-0.15, -0.1) is 0 Å². The summed E-state index contributed by atoms with van der Waals surface area (Å²) >= 11 is 0. The van der Waals surface area contributed by atoms with Gasteiger partial charge in [-0.2, -0.15) is 0 Å². The summed E-state index contributed by atoms with van der Waals surface area (Å²) in [5.74, 6) is 0. The van der Waals surface area contributed by atoms with Crippen LogP contribution in [0.4, 0.5) is 0 Å². The summed E-state index contributed by atoms with van der Waals surface area (Å²) in [5.41, 5.74) is 0. The molecule has 0 saturated carbocycles. The Labute approximate surface area is 109 Å². The predicted octanol–water partition coefficient (Wildman–Crippen LogP) is 3.62. The molecule has 0 aromatic rings. The molecular formula is C15H34N2. The fourth-order valence-electron chi connectivity index (χ4n) is 2.42. The molecule has 0 aliphatic carbocycles. The Kier molecular flexibility index (Phi) is 9.85. The summed E-state index contributed by atoms with van der Waals surface area (Å²) in [7, 11) is 0. The molecule has 0 unspecified atom stereocenters. The van der Waals surface area contributed by atoms with Crippen LogP contribution in [0, 0.1) is 0 Å². The number of nitrogens with zero attached hydrogens (tertiary/aromatic N) is 2. The van der Waals surface area contributed by atoms with Crippen molar-refractivity contribution in [3.8, 4) is 0 Å². The molecule has 0 amide bonds. The quantitative estimate of drug-likeness (QED) is 0.730. The van der Waals surface area contributed by atoms with Gasteiger partial charge in [0.25, 0.3) is 0 Å². The van der Waals surface area contributed by atoms with Crippen molar-refractivity contribution in [1.29, 1.82) is 0 Å². The second-order valence-corrected chi connectivity index (χ2v) is 4.80. The maximum Gasteiger partial charge on any atom is 0.0350 e. The van der Waals surface area contributed by atoms with Gasteiger partial charge in [-0.1, -0.05) is 34.1 Å². The highest BCUT2D eigenvalue weighted by molar-refractivity contribution is 4.90. The van der Waals surface area contributed by atoms with Gasteiger partial charge >= 0.3 is 0 Å². The molecule has 0 spiro atoms. The third kappa shape index (κ3) is 5.39. The molecule has 2 aliphatic rings. The molecule has 2 aliphatic heterocycles. The van der Waals surface area contributed by atoms with Crippen molar-refractivity contribution in [3.63, 3.8) is 0 Å². The molecule has 0 atom stereocenters. The van der Waals surface area contributed by atoms with Crippen molar-refractivity contribution >= 4 is 0 Å². The first-order valence-electron chi connectivity index (χ1n) is 7.75. The number of hydrogen-bond acceptors (Lipinski definition) is 2. The van der Waals surface area contributed by atoms with Crippen LogP contribution in [0.15, 0.2) is 0 Å². The fourth-order valence-corrected chi connectivity index (χ4v) is 2.42. The van der Waals surface area contributed by atoms with E-state index in [1.165, 1.54) is 45.4 Å². The lowest BCUT2D eigenvalue weighted by Crippen LogP contribution is -2.61. The first kappa shape index (κ1) is 16.9. The van der Waals surface area contributed by atoms with Gasteiger partial charge in [0.2, 0.25) is 0 Å². The fraction of sp³-hybridized carbons (Fsp3) is 1.00. The van der Waals surface area contributed by atoms with Crippen LogP contribution in [0.25, 0.3) is 0 Å². The summed E-state index contributed by atoms with van der Waals surface area (Å²) < 4.78 is 0. The number of rotatable bonds is 2. The van der Waals surface area contributed by atoms with Gasteiger partial charge in [0.05, 0.1) is 0 Å². The van der Waals surface area contributed by atoms with Crippen LogP contribution in [0.1, 0.15) is 60.8 Å². The molecule has 104 valence electrons. The van der Waals surface area contributed by atoms with Crippen LogP contribution < -0.4 is 0 Å². The molecule has 2 fully saturated rings. The Morgan fingerprint density at radius 3 is 1.71 bits per heavy atom. The molecule has 2 rings (SSSR count).